The summed E-state index contributed by atoms with van der Waals surface area (Å²) in [4.78, 5) is 23.9. The highest BCUT2D eigenvalue weighted by atomic mass is 16.5. The molecular formula is C20H23NO4. The smallest absolute Gasteiger partial charge is 0.310 e. The Labute approximate surface area is 148 Å². The van der Waals surface area contributed by atoms with Crippen molar-refractivity contribution < 1.29 is 19.1 Å². The second-order valence-electron chi connectivity index (χ2n) is 5.98. The van der Waals surface area contributed by atoms with Gasteiger partial charge in [-0.05, 0) is 35.2 Å². The Hall–Kier alpha value is -2.82. The first kappa shape index (κ1) is 18.5. The predicted molar refractivity (Wildman–Crippen MR) is 96.8 cm³/mol. The number of benzene rings is 2. The van der Waals surface area contributed by atoms with Crippen LogP contribution in [-0.4, -0.2) is 25.6 Å². The number of carbonyl (C=O) groups excluding carboxylic acids is 2. The standard InChI is InChI=1S/C20H23NO4/c1-14(2)17-6-4-5-7-18(17)21-19(22)13-25-20(23)12-15-8-10-16(24-3)11-9-15/h4-11,14H,12-13H2,1-3H3,(H,21,22). The van der Waals surface area contributed by atoms with Gasteiger partial charge in [0.1, 0.15) is 5.75 Å². The van der Waals surface area contributed by atoms with Crippen molar-refractivity contribution in [2.24, 2.45) is 0 Å². The van der Waals surface area contributed by atoms with E-state index in [4.69, 9.17) is 9.47 Å². The van der Waals surface area contributed by atoms with E-state index in [1.807, 2.05) is 24.3 Å². The van der Waals surface area contributed by atoms with E-state index < -0.39 is 5.97 Å². The minimum Gasteiger partial charge on any atom is -0.497 e. The van der Waals surface area contributed by atoms with Crippen LogP contribution in [0.2, 0.25) is 0 Å². The van der Waals surface area contributed by atoms with E-state index in [1.54, 1.807) is 31.4 Å². The molecule has 0 saturated heterocycles. The molecule has 0 spiro atoms. The number of ether oxygens (including phenoxy) is 2. The summed E-state index contributed by atoms with van der Waals surface area (Å²) in [6.45, 7) is 3.81. The second-order valence-corrected chi connectivity index (χ2v) is 5.98. The molecule has 2 aromatic carbocycles. The molecular weight excluding hydrogens is 318 g/mol. The Morgan fingerprint density at radius 3 is 2.36 bits per heavy atom. The van der Waals surface area contributed by atoms with Gasteiger partial charge in [0.2, 0.25) is 0 Å². The summed E-state index contributed by atoms with van der Waals surface area (Å²) >= 11 is 0. The maximum atomic E-state index is 12.0. The predicted octanol–water partition coefficient (Wildman–Crippen LogP) is 3.54. The van der Waals surface area contributed by atoms with Crippen LogP contribution < -0.4 is 10.1 Å². The molecule has 0 aromatic heterocycles. The number of methoxy groups -OCH3 is 1. The summed E-state index contributed by atoms with van der Waals surface area (Å²) in [6, 6.07) is 14.7. The van der Waals surface area contributed by atoms with E-state index in [2.05, 4.69) is 19.2 Å². The molecule has 0 atom stereocenters. The van der Waals surface area contributed by atoms with E-state index in [-0.39, 0.29) is 24.9 Å². The number of esters is 1. The van der Waals surface area contributed by atoms with Crippen molar-refractivity contribution in [3.05, 3.63) is 59.7 Å². The van der Waals surface area contributed by atoms with Crippen molar-refractivity contribution in [3.63, 3.8) is 0 Å². The van der Waals surface area contributed by atoms with Crippen molar-refractivity contribution in [3.8, 4) is 5.75 Å². The molecule has 0 bridgehead atoms. The molecule has 0 aliphatic carbocycles. The molecule has 0 aliphatic heterocycles. The van der Waals surface area contributed by atoms with Gasteiger partial charge in [-0.3, -0.25) is 9.59 Å². The lowest BCUT2D eigenvalue weighted by atomic mass is 10.0. The fourth-order valence-corrected chi connectivity index (χ4v) is 2.41. The largest absolute Gasteiger partial charge is 0.497 e. The van der Waals surface area contributed by atoms with Crippen LogP contribution in [0, 0.1) is 0 Å². The number of anilines is 1. The summed E-state index contributed by atoms with van der Waals surface area (Å²) in [5.41, 5.74) is 2.59. The fourth-order valence-electron chi connectivity index (χ4n) is 2.41. The average Bonchev–Trinajstić information content (AvgIpc) is 2.61. The topological polar surface area (TPSA) is 64.6 Å². The van der Waals surface area contributed by atoms with Gasteiger partial charge in [-0.2, -0.15) is 0 Å². The maximum Gasteiger partial charge on any atom is 0.310 e. The molecule has 0 fully saturated rings. The Balaban J connectivity index is 1.84. The minimum atomic E-state index is -0.447. The Bertz CT molecular complexity index is 723. The number of rotatable bonds is 7. The van der Waals surface area contributed by atoms with Gasteiger partial charge in [0, 0.05) is 5.69 Å². The van der Waals surface area contributed by atoms with Crippen molar-refractivity contribution in [2.45, 2.75) is 26.2 Å². The van der Waals surface area contributed by atoms with Crippen molar-refractivity contribution in [2.75, 3.05) is 19.0 Å². The zero-order valence-electron chi connectivity index (χ0n) is 14.7. The number of nitrogens with one attached hydrogen (secondary N) is 1. The van der Waals surface area contributed by atoms with Gasteiger partial charge in [0.15, 0.2) is 6.61 Å². The van der Waals surface area contributed by atoms with Crippen molar-refractivity contribution in [1.82, 2.24) is 0 Å². The number of carbonyl (C=O) groups is 2. The van der Waals surface area contributed by atoms with Gasteiger partial charge >= 0.3 is 5.97 Å². The van der Waals surface area contributed by atoms with Crippen molar-refractivity contribution >= 4 is 17.6 Å². The molecule has 2 rings (SSSR count). The molecule has 2 aromatic rings. The van der Waals surface area contributed by atoms with Gasteiger partial charge < -0.3 is 14.8 Å². The molecule has 0 unspecified atom stereocenters. The third-order valence-electron chi connectivity index (χ3n) is 3.73. The second kappa shape index (κ2) is 8.87. The van der Waals surface area contributed by atoms with E-state index in [0.717, 1.165) is 22.6 Å². The molecule has 5 heteroatoms. The number of amides is 1. The third-order valence-corrected chi connectivity index (χ3v) is 3.73. The Kier molecular flexibility index (Phi) is 6.57. The molecule has 0 heterocycles. The third kappa shape index (κ3) is 5.64. The fraction of sp³-hybridized carbons (Fsp3) is 0.300. The highest BCUT2D eigenvalue weighted by molar-refractivity contribution is 5.93. The van der Waals surface area contributed by atoms with E-state index in [9.17, 15) is 9.59 Å². The lowest BCUT2D eigenvalue weighted by Crippen LogP contribution is -2.22. The Morgan fingerprint density at radius 1 is 1.04 bits per heavy atom. The van der Waals surface area contributed by atoms with Crippen LogP contribution in [0.3, 0.4) is 0 Å². The highest BCUT2D eigenvalue weighted by Crippen LogP contribution is 2.23. The van der Waals surface area contributed by atoms with Crippen LogP contribution >= 0.6 is 0 Å². The summed E-state index contributed by atoms with van der Waals surface area (Å²) in [5.74, 6) is 0.211. The molecule has 1 N–H and O–H groups in total. The summed E-state index contributed by atoms with van der Waals surface area (Å²) in [6.07, 6.45) is 0.111. The number of hydrogen-bond acceptors (Lipinski definition) is 4. The lowest BCUT2D eigenvalue weighted by molar-refractivity contribution is -0.146. The van der Waals surface area contributed by atoms with Gasteiger partial charge in [-0.25, -0.2) is 0 Å². The molecule has 132 valence electrons. The Morgan fingerprint density at radius 2 is 1.72 bits per heavy atom. The van der Waals surface area contributed by atoms with Crippen LogP contribution in [0.5, 0.6) is 5.75 Å². The minimum absolute atomic E-state index is 0.111. The molecule has 0 radical (unpaired) electrons. The quantitative estimate of drug-likeness (QED) is 0.782. The molecule has 1 amide bonds. The SMILES string of the molecule is COc1ccc(CC(=O)OCC(=O)Nc2ccccc2C(C)C)cc1. The van der Waals surface area contributed by atoms with Gasteiger partial charge in [-0.15, -0.1) is 0 Å². The van der Waals surface area contributed by atoms with Gasteiger partial charge in [0.05, 0.1) is 13.5 Å². The van der Waals surface area contributed by atoms with Gasteiger partial charge in [0.25, 0.3) is 5.91 Å². The zero-order chi connectivity index (χ0) is 18.2. The van der Waals surface area contributed by atoms with Crippen LogP contribution in [0.1, 0.15) is 30.9 Å². The van der Waals surface area contributed by atoms with Gasteiger partial charge in [-0.1, -0.05) is 44.2 Å². The molecule has 25 heavy (non-hydrogen) atoms. The normalized spacial score (nSPS) is 10.4. The monoisotopic (exact) mass is 341 g/mol. The van der Waals surface area contributed by atoms with Crippen LogP contribution in [-0.2, 0) is 20.7 Å². The molecule has 0 aliphatic rings. The number of hydrogen-bond donors (Lipinski definition) is 1. The maximum absolute atomic E-state index is 12.0. The summed E-state index contributed by atoms with van der Waals surface area (Å²) in [7, 11) is 1.58. The van der Waals surface area contributed by atoms with E-state index >= 15 is 0 Å². The molecule has 5 nitrogen and oxygen atoms in total. The highest BCUT2D eigenvalue weighted by Gasteiger charge is 2.12. The van der Waals surface area contributed by atoms with Crippen molar-refractivity contribution in [1.29, 1.82) is 0 Å². The first-order valence-electron chi connectivity index (χ1n) is 8.17. The van der Waals surface area contributed by atoms with E-state index in [1.165, 1.54) is 0 Å². The zero-order valence-corrected chi connectivity index (χ0v) is 14.7. The number of para-hydroxylation sites is 1. The van der Waals surface area contributed by atoms with Crippen LogP contribution in [0.15, 0.2) is 48.5 Å². The summed E-state index contributed by atoms with van der Waals surface area (Å²) < 4.78 is 10.1. The lowest BCUT2D eigenvalue weighted by Gasteiger charge is -2.13. The first-order valence-corrected chi connectivity index (χ1v) is 8.17. The average molecular weight is 341 g/mol. The summed E-state index contributed by atoms with van der Waals surface area (Å²) in [5, 5.41) is 2.79. The van der Waals surface area contributed by atoms with Crippen LogP contribution in [0.25, 0.3) is 0 Å². The van der Waals surface area contributed by atoms with E-state index in [0.29, 0.717) is 0 Å². The van der Waals surface area contributed by atoms with Crippen LogP contribution in [0.4, 0.5) is 5.69 Å². The first-order chi connectivity index (χ1) is 12.0. The molecule has 0 saturated carbocycles.